The van der Waals surface area contributed by atoms with Crippen LogP contribution in [0.4, 0.5) is 0 Å². The van der Waals surface area contributed by atoms with E-state index >= 15 is 0 Å². The fourth-order valence-corrected chi connectivity index (χ4v) is 2.36. The SMILES string of the molecule is Cc1ccc(C(=O)C2OC2c2ccc(Br)cc2)cc1. The van der Waals surface area contributed by atoms with E-state index in [0.29, 0.717) is 0 Å². The zero-order chi connectivity index (χ0) is 13.4. The minimum Gasteiger partial charge on any atom is -0.356 e. The Bertz CT molecular complexity index is 602. The molecule has 0 aliphatic carbocycles. The molecule has 3 rings (SSSR count). The molecule has 0 amide bonds. The second-order valence-electron chi connectivity index (χ2n) is 4.76. The number of rotatable bonds is 3. The van der Waals surface area contributed by atoms with E-state index in [1.807, 2.05) is 55.5 Å². The largest absolute Gasteiger partial charge is 0.356 e. The molecule has 3 heteroatoms. The van der Waals surface area contributed by atoms with Crippen molar-refractivity contribution in [2.24, 2.45) is 0 Å². The van der Waals surface area contributed by atoms with E-state index in [0.717, 1.165) is 21.2 Å². The number of ketones is 1. The van der Waals surface area contributed by atoms with Crippen LogP contribution in [0, 0.1) is 6.92 Å². The summed E-state index contributed by atoms with van der Waals surface area (Å²) >= 11 is 3.39. The first-order valence-corrected chi connectivity index (χ1v) is 6.96. The van der Waals surface area contributed by atoms with Crippen molar-refractivity contribution in [3.63, 3.8) is 0 Å². The van der Waals surface area contributed by atoms with Crippen molar-refractivity contribution in [3.8, 4) is 0 Å². The Labute approximate surface area is 120 Å². The molecule has 0 N–H and O–H groups in total. The highest BCUT2D eigenvalue weighted by molar-refractivity contribution is 9.10. The van der Waals surface area contributed by atoms with E-state index in [1.54, 1.807) is 0 Å². The Morgan fingerprint density at radius 3 is 2.32 bits per heavy atom. The Hall–Kier alpha value is -1.45. The van der Waals surface area contributed by atoms with Gasteiger partial charge < -0.3 is 4.74 Å². The predicted octanol–water partition coefficient (Wildman–Crippen LogP) is 4.08. The van der Waals surface area contributed by atoms with Gasteiger partial charge in [-0.25, -0.2) is 0 Å². The second-order valence-corrected chi connectivity index (χ2v) is 5.67. The summed E-state index contributed by atoms with van der Waals surface area (Å²) in [5.74, 6) is 0.0629. The highest BCUT2D eigenvalue weighted by atomic mass is 79.9. The van der Waals surface area contributed by atoms with E-state index in [4.69, 9.17) is 4.74 Å². The summed E-state index contributed by atoms with van der Waals surface area (Å²) in [6.07, 6.45) is -0.425. The third-order valence-corrected chi connectivity index (χ3v) is 3.81. The minimum atomic E-state index is -0.330. The summed E-state index contributed by atoms with van der Waals surface area (Å²) < 4.78 is 6.55. The second kappa shape index (κ2) is 4.91. The molecule has 1 heterocycles. The lowest BCUT2D eigenvalue weighted by Gasteiger charge is -1.99. The molecule has 1 aliphatic rings. The summed E-state index contributed by atoms with van der Waals surface area (Å²) in [4.78, 5) is 12.2. The van der Waals surface area contributed by atoms with Crippen LogP contribution in [0.15, 0.2) is 53.0 Å². The monoisotopic (exact) mass is 316 g/mol. The zero-order valence-electron chi connectivity index (χ0n) is 10.5. The van der Waals surface area contributed by atoms with Crippen molar-refractivity contribution >= 4 is 21.7 Å². The molecule has 2 aromatic rings. The summed E-state index contributed by atoms with van der Waals surface area (Å²) in [6.45, 7) is 2.01. The maximum absolute atomic E-state index is 12.2. The van der Waals surface area contributed by atoms with Gasteiger partial charge in [-0.05, 0) is 24.6 Å². The first-order chi connectivity index (χ1) is 9.15. The van der Waals surface area contributed by atoms with Gasteiger partial charge in [-0.15, -0.1) is 0 Å². The van der Waals surface area contributed by atoms with Gasteiger partial charge in [-0.2, -0.15) is 0 Å². The molecule has 1 aliphatic heterocycles. The van der Waals surface area contributed by atoms with Gasteiger partial charge in [0.15, 0.2) is 11.9 Å². The highest BCUT2D eigenvalue weighted by Crippen LogP contribution is 2.40. The van der Waals surface area contributed by atoms with Crippen molar-refractivity contribution in [2.45, 2.75) is 19.1 Å². The van der Waals surface area contributed by atoms with Crippen molar-refractivity contribution < 1.29 is 9.53 Å². The summed E-state index contributed by atoms with van der Waals surface area (Å²) in [5.41, 5.74) is 2.92. The van der Waals surface area contributed by atoms with Gasteiger partial charge in [0.05, 0.1) is 0 Å². The van der Waals surface area contributed by atoms with Gasteiger partial charge in [-0.1, -0.05) is 57.9 Å². The van der Waals surface area contributed by atoms with Crippen LogP contribution in [-0.4, -0.2) is 11.9 Å². The molecule has 19 heavy (non-hydrogen) atoms. The van der Waals surface area contributed by atoms with Gasteiger partial charge in [0.2, 0.25) is 0 Å². The molecule has 0 radical (unpaired) electrons. The third kappa shape index (κ3) is 2.62. The molecule has 0 saturated carbocycles. The van der Waals surface area contributed by atoms with E-state index in [-0.39, 0.29) is 18.0 Å². The van der Waals surface area contributed by atoms with Crippen molar-refractivity contribution in [2.75, 3.05) is 0 Å². The fraction of sp³-hybridized carbons (Fsp3) is 0.188. The van der Waals surface area contributed by atoms with Crippen molar-refractivity contribution in [3.05, 3.63) is 69.7 Å². The molecule has 0 bridgehead atoms. The average molecular weight is 317 g/mol. The Balaban J connectivity index is 1.74. The van der Waals surface area contributed by atoms with Crippen LogP contribution in [0.2, 0.25) is 0 Å². The van der Waals surface area contributed by atoms with E-state index in [9.17, 15) is 4.79 Å². The molecular weight excluding hydrogens is 304 g/mol. The lowest BCUT2D eigenvalue weighted by molar-refractivity contribution is 0.0953. The van der Waals surface area contributed by atoms with Gasteiger partial charge in [-0.3, -0.25) is 4.79 Å². The lowest BCUT2D eigenvalue weighted by Crippen LogP contribution is -2.08. The number of carbonyl (C=O) groups is 1. The molecule has 1 fully saturated rings. The van der Waals surface area contributed by atoms with Crippen LogP contribution in [0.3, 0.4) is 0 Å². The topological polar surface area (TPSA) is 29.6 Å². The summed E-state index contributed by atoms with van der Waals surface area (Å²) in [7, 11) is 0. The molecular formula is C16H13BrO2. The number of halogens is 1. The van der Waals surface area contributed by atoms with Crippen LogP contribution < -0.4 is 0 Å². The summed E-state index contributed by atoms with van der Waals surface area (Å²) in [6, 6.07) is 15.5. The summed E-state index contributed by atoms with van der Waals surface area (Å²) in [5, 5.41) is 0. The number of aryl methyl sites for hydroxylation is 1. The first kappa shape index (κ1) is 12.6. The maximum Gasteiger partial charge on any atom is 0.194 e. The normalized spacial score (nSPS) is 21.2. The Morgan fingerprint density at radius 1 is 1.05 bits per heavy atom. The number of epoxide rings is 1. The molecule has 1 saturated heterocycles. The number of hydrogen-bond donors (Lipinski definition) is 0. The highest BCUT2D eigenvalue weighted by Gasteiger charge is 2.46. The van der Waals surface area contributed by atoms with Gasteiger partial charge >= 0.3 is 0 Å². The van der Waals surface area contributed by atoms with Gasteiger partial charge in [0.1, 0.15) is 6.10 Å². The van der Waals surface area contributed by atoms with E-state index < -0.39 is 0 Å². The standard InChI is InChI=1S/C16H13BrO2/c1-10-2-4-11(5-3-10)14(18)16-15(19-16)12-6-8-13(17)9-7-12/h2-9,15-16H,1H3. The molecule has 0 aromatic heterocycles. The van der Waals surface area contributed by atoms with Crippen LogP contribution in [0.1, 0.15) is 27.6 Å². The number of ether oxygens (including phenoxy) is 1. The number of hydrogen-bond acceptors (Lipinski definition) is 2. The Kier molecular flexibility index (Phi) is 3.25. The van der Waals surface area contributed by atoms with E-state index in [2.05, 4.69) is 15.9 Å². The van der Waals surface area contributed by atoms with Crippen LogP contribution in [0.25, 0.3) is 0 Å². The zero-order valence-corrected chi connectivity index (χ0v) is 12.1. The van der Waals surface area contributed by atoms with Crippen molar-refractivity contribution in [1.82, 2.24) is 0 Å². The number of carbonyl (C=O) groups excluding carboxylic acids is 1. The van der Waals surface area contributed by atoms with Gasteiger partial charge in [0, 0.05) is 10.0 Å². The lowest BCUT2D eigenvalue weighted by atomic mass is 10.0. The maximum atomic E-state index is 12.2. The minimum absolute atomic E-state index is 0.0629. The molecule has 2 atom stereocenters. The first-order valence-electron chi connectivity index (χ1n) is 6.17. The molecule has 2 unspecified atom stereocenters. The van der Waals surface area contributed by atoms with Crippen LogP contribution >= 0.6 is 15.9 Å². The molecule has 2 aromatic carbocycles. The molecule has 96 valence electrons. The average Bonchev–Trinajstić information content (AvgIpc) is 3.20. The molecule has 0 spiro atoms. The quantitative estimate of drug-likeness (QED) is 0.630. The smallest absolute Gasteiger partial charge is 0.194 e. The third-order valence-electron chi connectivity index (χ3n) is 3.28. The number of Topliss-reactive ketones (excluding diaryl/α,β-unsaturated/α-hetero) is 1. The predicted molar refractivity (Wildman–Crippen MR) is 77.3 cm³/mol. The van der Waals surface area contributed by atoms with Gasteiger partial charge in [0.25, 0.3) is 0 Å². The van der Waals surface area contributed by atoms with E-state index in [1.165, 1.54) is 0 Å². The molecule has 2 nitrogen and oxygen atoms in total. The van der Waals surface area contributed by atoms with Crippen molar-refractivity contribution in [1.29, 1.82) is 0 Å². The number of benzene rings is 2. The van der Waals surface area contributed by atoms with Crippen LogP contribution in [0.5, 0.6) is 0 Å². The Morgan fingerprint density at radius 2 is 1.68 bits per heavy atom. The fourth-order valence-electron chi connectivity index (χ4n) is 2.10. The van der Waals surface area contributed by atoms with Crippen LogP contribution in [-0.2, 0) is 4.74 Å².